The average Bonchev–Trinajstić information content (AvgIpc) is 3.16. The fraction of sp³-hybridized carbons (Fsp3) is 0. The molecule has 1 N–H and O–H groups in total. The van der Waals surface area contributed by atoms with Crippen LogP contribution in [0.15, 0.2) is 47.2 Å². The molecular formula is C13H8N6O. The number of nitrogens with one attached hydrogen (secondary N) is 1. The van der Waals surface area contributed by atoms with Gasteiger partial charge in [0.2, 0.25) is 5.82 Å². The van der Waals surface area contributed by atoms with E-state index in [1.165, 1.54) is 0 Å². The molecule has 0 aliphatic rings. The van der Waals surface area contributed by atoms with E-state index in [0.717, 1.165) is 22.2 Å². The Morgan fingerprint density at radius 1 is 1.10 bits per heavy atom. The number of benzene rings is 1. The maximum Gasteiger partial charge on any atom is 0.258 e. The minimum Gasteiger partial charge on any atom is -0.334 e. The quantitative estimate of drug-likeness (QED) is 0.595. The fourth-order valence-corrected chi connectivity index (χ4v) is 1.93. The van der Waals surface area contributed by atoms with E-state index in [1.54, 1.807) is 12.4 Å². The summed E-state index contributed by atoms with van der Waals surface area (Å²) in [5, 5.41) is 14.5. The molecule has 7 heteroatoms. The Morgan fingerprint density at radius 3 is 3.00 bits per heavy atom. The number of rotatable bonds is 2. The summed E-state index contributed by atoms with van der Waals surface area (Å²) in [4.78, 5) is 8.40. The molecular weight excluding hydrogens is 256 g/mol. The maximum atomic E-state index is 5.28. The highest BCUT2D eigenvalue weighted by atomic mass is 16.5. The van der Waals surface area contributed by atoms with Crippen LogP contribution in [0, 0.1) is 0 Å². The lowest BCUT2D eigenvalue weighted by Gasteiger charge is -1.93. The average molecular weight is 264 g/mol. The standard InChI is InChI=1S/C13H8N6O/c1-2-9(7-14-5-1)12-15-13(20-18-12)8-3-4-10-11(6-8)17-19-16-10/h1-7H,(H,16,17,19). The first-order chi connectivity index (χ1) is 9.90. The van der Waals surface area contributed by atoms with Gasteiger partial charge in [-0.2, -0.15) is 4.98 Å². The Balaban J connectivity index is 1.77. The number of pyridine rings is 1. The summed E-state index contributed by atoms with van der Waals surface area (Å²) in [5.74, 6) is 0.946. The third kappa shape index (κ3) is 1.72. The van der Waals surface area contributed by atoms with E-state index < -0.39 is 0 Å². The number of hydrogen-bond donors (Lipinski definition) is 1. The highest BCUT2D eigenvalue weighted by Crippen LogP contribution is 2.23. The summed E-state index contributed by atoms with van der Waals surface area (Å²) in [7, 11) is 0. The van der Waals surface area contributed by atoms with Crippen LogP contribution in [0.5, 0.6) is 0 Å². The van der Waals surface area contributed by atoms with Gasteiger partial charge < -0.3 is 4.52 Å². The minimum atomic E-state index is 0.439. The Labute approximate surface area is 112 Å². The van der Waals surface area contributed by atoms with Crippen molar-refractivity contribution >= 4 is 11.0 Å². The maximum absolute atomic E-state index is 5.28. The van der Waals surface area contributed by atoms with Gasteiger partial charge in [-0.05, 0) is 30.3 Å². The third-order valence-corrected chi connectivity index (χ3v) is 2.92. The molecule has 0 aliphatic heterocycles. The van der Waals surface area contributed by atoms with Gasteiger partial charge in [0, 0.05) is 23.5 Å². The molecule has 1 aromatic carbocycles. The molecule has 96 valence electrons. The van der Waals surface area contributed by atoms with Crippen molar-refractivity contribution in [1.29, 1.82) is 0 Å². The number of nitrogens with zero attached hydrogens (tertiary/aromatic N) is 5. The van der Waals surface area contributed by atoms with Crippen LogP contribution in [-0.4, -0.2) is 30.5 Å². The van der Waals surface area contributed by atoms with Crippen molar-refractivity contribution in [1.82, 2.24) is 30.5 Å². The number of fused-ring (bicyclic) bond motifs is 1. The van der Waals surface area contributed by atoms with Gasteiger partial charge in [-0.25, -0.2) is 0 Å². The van der Waals surface area contributed by atoms with Gasteiger partial charge in [0.25, 0.3) is 5.89 Å². The van der Waals surface area contributed by atoms with Crippen molar-refractivity contribution < 1.29 is 4.52 Å². The summed E-state index contributed by atoms with van der Waals surface area (Å²) in [6, 6.07) is 9.30. The molecule has 0 bridgehead atoms. The van der Waals surface area contributed by atoms with Crippen LogP contribution < -0.4 is 0 Å². The second-order valence-corrected chi connectivity index (χ2v) is 4.21. The highest BCUT2D eigenvalue weighted by Gasteiger charge is 2.11. The molecule has 4 rings (SSSR count). The lowest BCUT2D eigenvalue weighted by atomic mass is 10.2. The summed E-state index contributed by atoms with van der Waals surface area (Å²) >= 11 is 0. The molecule has 0 amide bonds. The van der Waals surface area contributed by atoms with E-state index in [4.69, 9.17) is 4.52 Å². The number of hydrogen-bond acceptors (Lipinski definition) is 6. The first-order valence-electron chi connectivity index (χ1n) is 5.95. The van der Waals surface area contributed by atoms with Crippen LogP contribution in [0.4, 0.5) is 0 Å². The van der Waals surface area contributed by atoms with Crippen LogP contribution in [0.25, 0.3) is 33.9 Å². The van der Waals surface area contributed by atoms with Crippen molar-refractivity contribution in [3.8, 4) is 22.8 Å². The predicted molar refractivity (Wildman–Crippen MR) is 70.4 cm³/mol. The highest BCUT2D eigenvalue weighted by molar-refractivity contribution is 5.79. The van der Waals surface area contributed by atoms with E-state index in [0.29, 0.717) is 11.7 Å². The Bertz CT molecular complexity index is 867. The van der Waals surface area contributed by atoms with Crippen LogP contribution >= 0.6 is 0 Å². The molecule has 7 nitrogen and oxygen atoms in total. The third-order valence-electron chi connectivity index (χ3n) is 2.92. The first-order valence-corrected chi connectivity index (χ1v) is 5.95. The summed E-state index contributed by atoms with van der Waals surface area (Å²) in [6.07, 6.45) is 3.39. The lowest BCUT2D eigenvalue weighted by molar-refractivity contribution is 0.432. The fourth-order valence-electron chi connectivity index (χ4n) is 1.93. The van der Waals surface area contributed by atoms with E-state index in [2.05, 4.69) is 30.5 Å². The van der Waals surface area contributed by atoms with Crippen molar-refractivity contribution in [2.75, 3.05) is 0 Å². The zero-order valence-corrected chi connectivity index (χ0v) is 10.2. The second kappa shape index (κ2) is 4.23. The van der Waals surface area contributed by atoms with E-state index in [1.807, 2.05) is 30.3 Å². The second-order valence-electron chi connectivity index (χ2n) is 4.21. The van der Waals surface area contributed by atoms with Crippen LogP contribution in [-0.2, 0) is 0 Å². The van der Waals surface area contributed by atoms with Crippen molar-refractivity contribution in [3.63, 3.8) is 0 Å². The smallest absolute Gasteiger partial charge is 0.258 e. The molecule has 0 radical (unpaired) electrons. The molecule has 4 aromatic rings. The zero-order valence-electron chi connectivity index (χ0n) is 10.2. The zero-order chi connectivity index (χ0) is 13.4. The van der Waals surface area contributed by atoms with Crippen molar-refractivity contribution in [2.45, 2.75) is 0 Å². The largest absolute Gasteiger partial charge is 0.334 e. The number of aromatic nitrogens is 6. The molecule has 0 aliphatic carbocycles. The van der Waals surface area contributed by atoms with E-state index in [-0.39, 0.29) is 0 Å². The van der Waals surface area contributed by atoms with Gasteiger partial charge in [0.1, 0.15) is 5.52 Å². The molecule has 20 heavy (non-hydrogen) atoms. The summed E-state index contributed by atoms with van der Waals surface area (Å²) in [5.41, 5.74) is 3.23. The van der Waals surface area contributed by atoms with Gasteiger partial charge in [-0.15, -0.1) is 5.10 Å². The van der Waals surface area contributed by atoms with Gasteiger partial charge in [0.15, 0.2) is 0 Å². The molecule has 0 fully saturated rings. The Hall–Kier alpha value is -3.09. The van der Waals surface area contributed by atoms with Gasteiger partial charge >= 0.3 is 0 Å². The summed E-state index contributed by atoms with van der Waals surface area (Å²) in [6.45, 7) is 0. The monoisotopic (exact) mass is 264 g/mol. The number of aromatic amines is 1. The molecule has 0 saturated carbocycles. The first kappa shape index (κ1) is 10.8. The van der Waals surface area contributed by atoms with Crippen LogP contribution in [0.2, 0.25) is 0 Å². The van der Waals surface area contributed by atoms with Crippen molar-refractivity contribution in [3.05, 3.63) is 42.7 Å². The van der Waals surface area contributed by atoms with Gasteiger partial charge in [0.05, 0.1) is 5.52 Å². The normalized spacial score (nSPS) is 11.0. The van der Waals surface area contributed by atoms with E-state index >= 15 is 0 Å². The molecule has 0 unspecified atom stereocenters. The molecule has 0 saturated heterocycles. The van der Waals surface area contributed by atoms with Gasteiger partial charge in [-0.1, -0.05) is 10.4 Å². The molecule has 3 heterocycles. The Kier molecular flexibility index (Phi) is 2.28. The van der Waals surface area contributed by atoms with Crippen LogP contribution in [0.3, 0.4) is 0 Å². The molecule has 0 spiro atoms. The van der Waals surface area contributed by atoms with Gasteiger partial charge in [-0.3, -0.25) is 10.1 Å². The molecule has 0 atom stereocenters. The lowest BCUT2D eigenvalue weighted by Crippen LogP contribution is -1.82. The van der Waals surface area contributed by atoms with Crippen molar-refractivity contribution in [2.24, 2.45) is 0 Å². The predicted octanol–water partition coefficient (Wildman–Crippen LogP) is 2.07. The Morgan fingerprint density at radius 2 is 2.10 bits per heavy atom. The SMILES string of the molecule is c1cncc(-c2noc(-c3ccc4[nH]nnc4c3)n2)c1. The number of H-pyrrole nitrogens is 1. The van der Waals surface area contributed by atoms with E-state index in [9.17, 15) is 0 Å². The summed E-state index contributed by atoms with van der Waals surface area (Å²) < 4.78 is 5.28. The topological polar surface area (TPSA) is 93.4 Å². The minimum absolute atomic E-state index is 0.439. The molecule has 3 aromatic heterocycles. The van der Waals surface area contributed by atoms with Crippen LogP contribution in [0.1, 0.15) is 0 Å².